The molecule has 0 spiro atoms. The molecule has 0 atom stereocenters. The van der Waals surface area contributed by atoms with Crippen LogP contribution in [-0.4, -0.2) is 68.2 Å². The summed E-state index contributed by atoms with van der Waals surface area (Å²) >= 11 is 0. The van der Waals surface area contributed by atoms with Gasteiger partial charge in [-0.25, -0.2) is 14.4 Å². The second-order valence-electron chi connectivity index (χ2n) is 2.41. The number of carboxylic acids is 3. The Hall–Kier alpha value is -1.02. The van der Waals surface area contributed by atoms with Gasteiger partial charge in [0.25, 0.3) is 0 Å². The van der Waals surface area contributed by atoms with E-state index in [0.717, 1.165) is 0 Å². The van der Waals surface area contributed by atoms with Gasteiger partial charge in [0.1, 0.15) is 0 Å². The standard InChI is InChI=1S/3C2HF3O2.Gd.3H2O/c3*3-2(4,5)1(6)7;;;;/h3*(H,6,7);;3*1H2. The zero-order chi connectivity index (χ0) is 18.2. The minimum atomic E-state index is -5.08. The largest absolute Gasteiger partial charge is 0.490 e. The van der Waals surface area contributed by atoms with E-state index in [1.807, 2.05) is 0 Å². The summed E-state index contributed by atoms with van der Waals surface area (Å²) in [5, 5.41) is 21.4. The van der Waals surface area contributed by atoms with Crippen LogP contribution in [0.2, 0.25) is 0 Å². The normalized spacial score (nSPS) is 9.48. The van der Waals surface area contributed by atoms with Crippen LogP contribution < -0.4 is 0 Å². The Kier molecular flexibility index (Phi) is 28.9. The molecular weight excluding hydrogens is 544 g/mol. The molecule has 0 aliphatic heterocycles. The molecule has 0 unspecified atom stereocenters. The molecular formula is C6H9F9GdO9. The second-order valence-corrected chi connectivity index (χ2v) is 2.41. The van der Waals surface area contributed by atoms with Gasteiger partial charge in [-0.2, -0.15) is 39.5 Å². The molecule has 0 aliphatic rings. The Labute approximate surface area is 162 Å². The van der Waals surface area contributed by atoms with Gasteiger partial charge in [-0.1, -0.05) is 0 Å². The average Bonchev–Trinajstić information content (AvgIpc) is 2.14. The summed E-state index contributed by atoms with van der Waals surface area (Å²) in [7, 11) is 0. The molecule has 0 bridgehead atoms. The monoisotopic (exact) mass is 554 g/mol. The van der Waals surface area contributed by atoms with Crippen LogP contribution in [0.3, 0.4) is 0 Å². The summed E-state index contributed by atoms with van der Waals surface area (Å²) in [6.45, 7) is 0. The third kappa shape index (κ3) is 35.1. The van der Waals surface area contributed by atoms with Gasteiger partial charge in [-0.3, -0.25) is 0 Å². The van der Waals surface area contributed by atoms with E-state index in [4.69, 9.17) is 29.7 Å². The molecule has 0 saturated heterocycles. The van der Waals surface area contributed by atoms with Crippen molar-refractivity contribution in [3.8, 4) is 0 Å². The van der Waals surface area contributed by atoms with Crippen LogP contribution in [0.4, 0.5) is 39.5 Å². The predicted molar refractivity (Wildman–Crippen MR) is 51.9 cm³/mol. The van der Waals surface area contributed by atoms with E-state index in [1.165, 1.54) is 0 Å². The Morgan fingerprint density at radius 3 is 0.520 bits per heavy atom. The molecule has 0 heterocycles. The number of halogens is 9. The zero-order valence-electron chi connectivity index (χ0n) is 10.8. The van der Waals surface area contributed by atoms with Crippen molar-refractivity contribution in [2.45, 2.75) is 18.5 Å². The van der Waals surface area contributed by atoms with Crippen LogP contribution in [0, 0.1) is 39.9 Å². The molecule has 158 valence electrons. The quantitative estimate of drug-likeness (QED) is 0.335. The van der Waals surface area contributed by atoms with Crippen LogP contribution in [0.25, 0.3) is 0 Å². The molecule has 0 amide bonds. The maximum Gasteiger partial charge on any atom is 0.490 e. The minimum absolute atomic E-state index is 0. The van der Waals surface area contributed by atoms with Crippen LogP contribution in [0.5, 0.6) is 0 Å². The molecule has 19 heteroatoms. The molecule has 0 aromatic carbocycles. The van der Waals surface area contributed by atoms with E-state index in [-0.39, 0.29) is 56.4 Å². The van der Waals surface area contributed by atoms with Crippen molar-refractivity contribution >= 4 is 17.9 Å². The Morgan fingerprint density at radius 2 is 0.520 bits per heavy atom. The summed E-state index contributed by atoms with van der Waals surface area (Å²) in [5.74, 6) is -8.27. The van der Waals surface area contributed by atoms with Gasteiger partial charge in [0.2, 0.25) is 0 Å². The van der Waals surface area contributed by atoms with Gasteiger partial charge in [0.05, 0.1) is 0 Å². The summed E-state index contributed by atoms with van der Waals surface area (Å²) in [4.78, 5) is 26.7. The molecule has 9 nitrogen and oxygen atoms in total. The smallest absolute Gasteiger partial charge is 0.475 e. The summed E-state index contributed by atoms with van der Waals surface area (Å²) < 4.78 is 95.2. The van der Waals surface area contributed by atoms with Gasteiger partial charge < -0.3 is 31.7 Å². The topological polar surface area (TPSA) is 206 Å². The fourth-order valence-electron chi connectivity index (χ4n) is 0. The van der Waals surface area contributed by atoms with E-state index in [9.17, 15) is 39.5 Å². The van der Waals surface area contributed by atoms with E-state index in [1.54, 1.807) is 0 Å². The van der Waals surface area contributed by atoms with Gasteiger partial charge in [-0.15, -0.1) is 0 Å². The average molecular weight is 553 g/mol. The van der Waals surface area contributed by atoms with Gasteiger partial charge in [0, 0.05) is 39.9 Å². The second kappa shape index (κ2) is 16.5. The van der Waals surface area contributed by atoms with Crippen LogP contribution in [0.15, 0.2) is 0 Å². The van der Waals surface area contributed by atoms with Crippen LogP contribution in [-0.2, 0) is 14.4 Å². The van der Waals surface area contributed by atoms with Gasteiger partial charge >= 0.3 is 36.4 Å². The van der Waals surface area contributed by atoms with E-state index in [0.29, 0.717) is 0 Å². The molecule has 0 fully saturated rings. The first-order chi connectivity index (χ1) is 8.83. The summed E-state index contributed by atoms with van der Waals surface area (Å²) in [6.07, 6.45) is -15.3. The summed E-state index contributed by atoms with van der Waals surface area (Å²) in [6, 6.07) is 0. The number of carboxylic acid groups (broad SMARTS) is 3. The molecule has 0 aliphatic carbocycles. The first-order valence-electron chi connectivity index (χ1n) is 3.73. The van der Waals surface area contributed by atoms with Crippen molar-refractivity contribution in [1.29, 1.82) is 0 Å². The fraction of sp³-hybridized carbons (Fsp3) is 0.500. The van der Waals surface area contributed by atoms with Crippen LogP contribution in [0.1, 0.15) is 0 Å². The Bertz CT molecular complexity index is 318. The number of alkyl halides is 9. The van der Waals surface area contributed by atoms with Crippen molar-refractivity contribution in [3.63, 3.8) is 0 Å². The predicted octanol–water partition coefficient (Wildman–Crippen LogP) is -0.574. The molecule has 9 N–H and O–H groups in total. The first-order valence-corrected chi connectivity index (χ1v) is 3.73. The van der Waals surface area contributed by atoms with Crippen molar-refractivity contribution in [3.05, 3.63) is 0 Å². The molecule has 0 aromatic heterocycles. The molecule has 0 aromatic rings. The molecule has 25 heavy (non-hydrogen) atoms. The summed E-state index contributed by atoms with van der Waals surface area (Å²) in [5.41, 5.74) is 0. The minimum Gasteiger partial charge on any atom is -0.475 e. The number of hydrogen-bond donors (Lipinski definition) is 3. The third-order valence-electron chi connectivity index (χ3n) is 0.728. The molecule has 0 radical (unpaired) electrons. The number of hydrogen-bond acceptors (Lipinski definition) is 3. The maximum atomic E-state index is 10.6. The zero-order valence-corrected chi connectivity index (χ0v) is 13.1. The van der Waals surface area contributed by atoms with Crippen LogP contribution >= 0.6 is 0 Å². The van der Waals surface area contributed by atoms with Crippen molar-refractivity contribution in [2.75, 3.05) is 0 Å². The van der Waals surface area contributed by atoms with Crippen molar-refractivity contribution in [1.82, 2.24) is 0 Å². The number of aliphatic carboxylic acids is 3. The molecule has 0 saturated carbocycles. The maximum absolute atomic E-state index is 10.6. The fourth-order valence-corrected chi connectivity index (χ4v) is 0. The number of carbonyl (C=O) groups is 3. The van der Waals surface area contributed by atoms with Gasteiger partial charge in [0.15, 0.2) is 0 Å². The SMILES string of the molecule is O.O.O.O=C(O)C(F)(F)F.O=C(O)C(F)(F)F.O=C(O)C(F)(F)F.[Gd]. The number of rotatable bonds is 0. The Balaban J connectivity index is -0.0000000360. The Morgan fingerprint density at radius 1 is 0.480 bits per heavy atom. The first kappa shape index (κ1) is 43.9. The molecule has 0 rings (SSSR count). The van der Waals surface area contributed by atoms with Crippen molar-refractivity contribution < 1.29 is 126 Å². The van der Waals surface area contributed by atoms with E-state index >= 15 is 0 Å². The van der Waals surface area contributed by atoms with E-state index in [2.05, 4.69) is 0 Å². The van der Waals surface area contributed by atoms with Crippen molar-refractivity contribution in [2.24, 2.45) is 0 Å². The van der Waals surface area contributed by atoms with Gasteiger partial charge in [-0.05, 0) is 0 Å². The van der Waals surface area contributed by atoms with E-state index < -0.39 is 36.4 Å². The third-order valence-corrected chi connectivity index (χ3v) is 0.728.